The molecule has 0 spiro atoms. The number of aromatic nitrogens is 2. The highest BCUT2D eigenvalue weighted by Gasteiger charge is 2.15. The van der Waals surface area contributed by atoms with E-state index in [1.807, 2.05) is 18.2 Å². The minimum absolute atomic E-state index is 0. The first-order valence-corrected chi connectivity index (χ1v) is 6.64. The van der Waals surface area contributed by atoms with Crippen molar-refractivity contribution in [3.63, 3.8) is 0 Å². The van der Waals surface area contributed by atoms with E-state index in [1.54, 1.807) is 6.33 Å². The number of hydrogen-bond acceptors (Lipinski definition) is 4. The van der Waals surface area contributed by atoms with Gasteiger partial charge in [-0.2, -0.15) is 0 Å². The average Bonchev–Trinajstić information content (AvgIpc) is 2.49. The van der Waals surface area contributed by atoms with Crippen LogP contribution in [0.4, 0.5) is 5.82 Å². The van der Waals surface area contributed by atoms with E-state index in [9.17, 15) is 0 Å². The van der Waals surface area contributed by atoms with Gasteiger partial charge in [-0.25, -0.2) is 9.97 Å². The van der Waals surface area contributed by atoms with Crippen LogP contribution in [0, 0.1) is 0 Å². The summed E-state index contributed by atoms with van der Waals surface area (Å²) in [6.45, 7) is 4.23. The number of piperazine rings is 1. The van der Waals surface area contributed by atoms with Crippen LogP contribution in [0.15, 0.2) is 42.7 Å². The molecule has 106 valence electrons. The Morgan fingerprint density at radius 1 is 0.950 bits per heavy atom. The molecule has 1 aromatic carbocycles. The van der Waals surface area contributed by atoms with Crippen LogP contribution >= 0.6 is 12.4 Å². The molecule has 1 fully saturated rings. The molecule has 0 bridgehead atoms. The normalized spacial score (nSPS) is 15.8. The number of nitrogens with zero attached hydrogens (tertiary/aromatic N) is 4. The summed E-state index contributed by atoms with van der Waals surface area (Å²) < 4.78 is 0. The minimum atomic E-state index is 0. The maximum absolute atomic E-state index is 4.41. The van der Waals surface area contributed by atoms with Crippen molar-refractivity contribution in [2.75, 3.05) is 38.1 Å². The van der Waals surface area contributed by atoms with Gasteiger partial charge in [-0.1, -0.05) is 30.3 Å². The molecule has 0 amide bonds. The fourth-order valence-corrected chi connectivity index (χ4v) is 2.32. The lowest BCUT2D eigenvalue weighted by molar-refractivity contribution is 0.312. The molecule has 5 heteroatoms. The van der Waals surface area contributed by atoms with Gasteiger partial charge in [0.2, 0.25) is 0 Å². The second kappa shape index (κ2) is 6.68. The van der Waals surface area contributed by atoms with Crippen molar-refractivity contribution in [3.05, 3.63) is 42.7 Å². The first-order valence-electron chi connectivity index (χ1n) is 6.64. The molecule has 0 atom stereocenters. The number of benzene rings is 1. The van der Waals surface area contributed by atoms with Gasteiger partial charge in [0.05, 0.1) is 5.69 Å². The maximum atomic E-state index is 4.41. The van der Waals surface area contributed by atoms with E-state index in [2.05, 4.69) is 45.0 Å². The highest BCUT2D eigenvalue weighted by Crippen LogP contribution is 2.20. The van der Waals surface area contributed by atoms with Crippen LogP contribution in [0.2, 0.25) is 0 Å². The Morgan fingerprint density at radius 3 is 2.35 bits per heavy atom. The zero-order valence-corrected chi connectivity index (χ0v) is 12.4. The number of likely N-dealkylation sites (N-methyl/N-ethyl adjacent to an activating group) is 1. The Morgan fingerprint density at radius 2 is 1.65 bits per heavy atom. The van der Waals surface area contributed by atoms with E-state index in [0.717, 1.165) is 43.3 Å². The molecule has 3 rings (SSSR count). The van der Waals surface area contributed by atoms with Crippen LogP contribution in [0.25, 0.3) is 11.3 Å². The molecule has 0 radical (unpaired) electrons. The third-order valence-electron chi connectivity index (χ3n) is 3.55. The van der Waals surface area contributed by atoms with Gasteiger partial charge < -0.3 is 9.80 Å². The zero-order chi connectivity index (χ0) is 13.1. The van der Waals surface area contributed by atoms with Crippen LogP contribution in [-0.2, 0) is 0 Å². The van der Waals surface area contributed by atoms with Crippen LogP contribution < -0.4 is 4.90 Å². The lowest BCUT2D eigenvalue weighted by Gasteiger charge is -2.33. The van der Waals surface area contributed by atoms with Gasteiger partial charge >= 0.3 is 0 Å². The predicted molar refractivity (Wildman–Crippen MR) is 84.4 cm³/mol. The zero-order valence-electron chi connectivity index (χ0n) is 11.6. The third-order valence-corrected chi connectivity index (χ3v) is 3.55. The highest BCUT2D eigenvalue weighted by atomic mass is 35.5. The molecule has 1 aliphatic rings. The number of rotatable bonds is 2. The van der Waals surface area contributed by atoms with Gasteiger partial charge in [-0.3, -0.25) is 0 Å². The molecular weight excluding hydrogens is 272 g/mol. The van der Waals surface area contributed by atoms with Crippen molar-refractivity contribution in [1.29, 1.82) is 0 Å². The van der Waals surface area contributed by atoms with Crippen molar-refractivity contribution < 1.29 is 0 Å². The molecular formula is C15H19ClN4. The summed E-state index contributed by atoms with van der Waals surface area (Å²) in [5, 5.41) is 0. The van der Waals surface area contributed by atoms with Crippen molar-refractivity contribution >= 4 is 18.2 Å². The number of anilines is 1. The van der Waals surface area contributed by atoms with Crippen molar-refractivity contribution in [2.24, 2.45) is 0 Å². The highest BCUT2D eigenvalue weighted by molar-refractivity contribution is 5.85. The molecule has 0 N–H and O–H groups in total. The largest absolute Gasteiger partial charge is 0.354 e. The summed E-state index contributed by atoms with van der Waals surface area (Å²) in [7, 11) is 2.16. The molecule has 1 saturated heterocycles. The molecule has 0 unspecified atom stereocenters. The summed E-state index contributed by atoms with van der Waals surface area (Å²) in [5.74, 6) is 1.03. The molecule has 2 aromatic rings. The smallest absolute Gasteiger partial charge is 0.132 e. The van der Waals surface area contributed by atoms with Gasteiger partial charge in [-0.05, 0) is 7.05 Å². The number of hydrogen-bond donors (Lipinski definition) is 0. The van der Waals surface area contributed by atoms with Gasteiger partial charge in [0.15, 0.2) is 0 Å². The molecule has 4 nitrogen and oxygen atoms in total. The summed E-state index contributed by atoms with van der Waals surface area (Å²) in [6, 6.07) is 12.3. The monoisotopic (exact) mass is 290 g/mol. The van der Waals surface area contributed by atoms with Gasteiger partial charge in [-0.15, -0.1) is 12.4 Å². The minimum Gasteiger partial charge on any atom is -0.354 e. The van der Waals surface area contributed by atoms with E-state index in [1.165, 1.54) is 0 Å². The van der Waals surface area contributed by atoms with Gasteiger partial charge in [0.25, 0.3) is 0 Å². The first kappa shape index (κ1) is 14.8. The lowest BCUT2D eigenvalue weighted by atomic mass is 10.1. The van der Waals surface area contributed by atoms with Crippen molar-refractivity contribution in [2.45, 2.75) is 0 Å². The Labute approximate surface area is 125 Å². The summed E-state index contributed by atoms with van der Waals surface area (Å²) in [4.78, 5) is 13.5. The molecule has 1 aromatic heterocycles. The van der Waals surface area contributed by atoms with Crippen LogP contribution in [0.3, 0.4) is 0 Å². The van der Waals surface area contributed by atoms with Crippen molar-refractivity contribution in [3.8, 4) is 11.3 Å². The lowest BCUT2D eigenvalue weighted by Crippen LogP contribution is -2.44. The third kappa shape index (κ3) is 3.26. The molecule has 1 aliphatic heterocycles. The van der Waals surface area contributed by atoms with Crippen LogP contribution in [0.1, 0.15) is 0 Å². The quantitative estimate of drug-likeness (QED) is 0.850. The fraction of sp³-hybridized carbons (Fsp3) is 0.333. The molecule has 2 heterocycles. The summed E-state index contributed by atoms with van der Waals surface area (Å²) in [6.07, 6.45) is 1.66. The molecule has 20 heavy (non-hydrogen) atoms. The summed E-state index contributed by atoms with van der Waals surface area (Å²) in [5.41, 5.74) is 2.13. The van der Waals surface area contributed by atoms with Gasteiger partial charge in [0.1, 0.15) is 12.1 Å². The standard InChI is InChI=1S/C15H18N4.ClH/c1-18-7-9-19(10-8-18)15-11-14(16-12-17-15)13-5-3-2-4-6-13;/h2-6,11-12H,7-10H2,1H3;1H. The van der Waals surface area contributed by atoms with E-state index >= 15 is 0 Å². The van der Waals surface area contributed by atoms with E-state index < -0.39 is 0 Å². The second-order valence-corrected chi connectivity index (χ2v) is 4.92. The van der Waals surface area contributed by atoms with E-state index in [-0.39, 0.29) is 12.4 Å². The fourth-order valence-electron chi connectivity index (χ4n) is 2.32. The van der Waals surface area contributed by atoms with E-state index in [4.69, 9.17) is 0 Å². The van der Waals surface area contributed by atoms with Crippen LogP contribution in [0.5, 0.6) is 0 Å². The Kier molecular flexibility index (Phi) is 4.93. The van der Waals surface area contributed by atoms with Crippen LogP contribution in [-0.4, -0.2) is 48.1 Å². The molecule has 0 aliphatic carbocycles. The average molecular weight is 291 g/mol. The summed E-state index contributed by atoms with van der Waals surface area (Å²) >= 11 is 0. The Hall–Kier alpha value is -1.65. The molecule has 0 saturated carbocycles. The SMILES string of the molecule is CN1CCN(c2cc(-c3ccccc3)ncn2)CC1.Cl. The topological polar surface area (TPSA) is 32.3 Å². The first-order chi connectivity index (χ1) is 9.33. The number of halogens is 1. The van der Waals surface area contributed by atoms with Crippen molar-refractivity contribution in [1.82, 2.24) is 14.9 Å². The second-order valence-electron chi connectivity index (χ2n) is 4.92. The van der Waals surface area contributed by atoms with Gasteiger partial charge in [0, 0.05) is 37.8 Å². The maximum Gasteiger partial charge on any atom is 0.132 e. The Balaban J connectivity index is 0.00000147. The predicted octanol–water partition coefficient (Wildman–Crippen LogP) is 2.32. The van der Waals surface area contributed by atoms with E-state index in [0.29, 0.717) is 0 Å². The Bertz CT molecular complexity index is 539.